The predicted octanol–water partition coefficient (Wildman–Crippen LogP) is 2.36. The summed E-state index contributed by atoms with van der Waals surface area (Å²) >= 11 is 0. The van der Waals surface area contributed by atoms with E-state index in [1.54, 1.807) is 6.07 Å². The van der Waals surface area contributed by atoms with Crippen LogP contribution in [0.1, 0.15) is 0 Å². The largest absolute Gasteiger partial charge is 1.00 e. The van der Waals surface area contributed by atoms with Gasteiger partial charge in [0, 0.05) is 16.2 Å². The van der Waals surface area contributed by atoms with Gasteiger partial charge in [0.25, 0.3) is 10.1 Å². The molecule has 0 amide bonds. The SMILES string of the molecule is O=S(=O)(O)c1cccc2c(O)c(N=Nc3cccc4ccccc34)ccc12.[Na+]. The van der Waals surface area contributed by atoms with Crippen LogP contribution < -0.4 is 29.6 Å². The fraction of sp³-hybridized carbons (Fsp3) is 0. The normalized spacial score (nSPS) is 11.8. The van der Waals surface area contributed by atoms with Crippen LogP contribution in [0, 0.1) is 0 Å². The fourth-order valence-corrected chi connectivity index (χ4v) is 3.72. The van der Waals surface area contributed by atoms with Crippen LogP contribution in [-0.2, 0) is 10.1 Å². The van der Waals surface area contributed by atoms with Gasteiger partial charge >= 0.3 is 29.6 Å². The van der Waals surface area contributed by atoms with Gasteiger partial charge in [0.15, 0.2) is 5.75 Å². The van der Waals surface area contributed by atoms with Crippen molar-refractivity contribution in [3.8, 4) is 5.75 Å². The third kappa shape index (κ3) is 3.80. The minimum Gasteiger partial charge on any atom is -0.505 e. The van der Waals surface area contributed by atoms with Gasteiger partial charge in [-0.25, -0.2) is 0 Å². The Morgan fingerprint density at radius 1 is 0.679 bits per heavy atom. The van der Waals surface area contributed by atoms with Crippen molar-refractivity contribution in [3.05, 3.63) is 72.8 Å². The smallest absolute Gasteiger partial charge is 0.505 e. The number of rotatable bonds is 3. The van der Waals surface area contributed by atoms with E-state index >= 15 is 0 Å². The second-order valence-corrected chi connectivity index (χ2v) is 7.35. The van der Waals surface area contributed by atoms with E-state index in [1.165, 1.54) is 24.3 Å². The molecule has 0 fully saturated rings. The molecule has 0 saturated carbocycles. The molecule has 8 heteroatoms. The molecule has 0 aliphatic rings. The van der Waals surface area contributed by atoms with E-state index in [0.29, 0.717) is 5.69 Å². The number of nitrogens with zero attached hydrogens (tertiary/aromatic N) is 2. The summed E-state index contributed by atoms with van der Waals surface area (Å²) in [5.74, 6) is -0.206. The summed E-state index contributed by atoms with van der Waals surface area (Å²) in [7, 11) is -4.40. The van der Waals surface area contributed by atoms with Crippen LogP contribution in [-0.4, -0.2) is 18.1 Å². The molecule has 0 radical (unpaired) electrons. The summed E-state index contributed by atoms with van der Waals surface area (Å²) in [5.41, 5.74) is 0.849. The molecule has 0 saturated heterocycles. The molecule has 2 N–H and O–H groups in total. The van der Waals surface area contributed by atoms with Gasteiger partial charge in [-0.05, 0) is 23.6 Å². The molecule has 0 heterocycles. The van der Waals surface area contributed by atoms with E-state index < -0.39 is 10.1 Å². The van der Waals surface area contributed by atoms with Crippen LogP contribution in [0.5, 0.6) is 5.75 Å². The molecule has 0 atom stereocenters. The summed E-state index contributed by atoms with van der Waals surface area (Å²) in [6, 6.07) is 20.6. The first-order valence-corrected chi connectivity index (χ1v) is 9.51. The fourth-order valence-electron chi connectivity index (χ4n) is 3.01. The van der Waals surface area contributed by atoms with E-state index in [2.05, 4.69) is 10.2 Å². The zero-order valence-corrected chi connectivity index (χ0v) is 17.8. The molecule has 0 aromatic heterocycles. The molecule has 134 valence electrons. The van der Waals surface area contributed by atoms with Gasteiger partial charge in [-0.15, -0.1) is 10.2 Å². The van der Waals surface area contributed by atoms with Gasteiger partial charge in [0.2, 0.25) is 0 Å². The number of phenolic OH excluding ortho intramolecular Hbond substituents is 1. The van der Waals surface area contributed by atoms with Crippen molar-refractivity contribution < 1.29 is 47.6 Å². The molecule has 4 aromatic rings. The van der Waals surface area contributed by atoms with Gasteiger partial charge < -0.3 is 5.11 Å². The van der Waals surface area contributed by atoms with Crippen molar-refractivity contribution in [1.82, 2.24) is 0 Å². The van der Waals surface area contributed by atoms with Crippen LogP contribution in [0.25, 0.3) is 21.5 Å². The van der Waals surface area contributed by atoms with Crippen molar-refractivity contribution in [2.24, 2.45) is 10.2 Å². The summed E-state index contributed by atoms with van der Waals surface area (Å²) in [6.45, 7) is 0. The third-order valence-electron chi connectivity index (χ3n) is 4.28. The number of aromatic hydroxyl groups is 1. The summed E-state index contributed by atoms with van der Waals surface area (Å²) in [5, 5.41) is 21.3. The van der Waals surface area contributed by atoms with Crippen LogP contribution in [0.2, 0.25) is 0 Å². The van der Waals surface area contributed by atoms with E-state index in [9.17, 15) is 18.1 Å². The Morgan fingerprint density at radius 2 is 1.32 bits per heavy atom. The zero-order valence-electron chi connectivity index (χ0n) is 14.9. The second kappa shape index (κ2) is 7.98. The van der Waals surface area contributed by atoms with Gasteiger partial charge in [-0.3, -0.25) is 4.55 Å². The number of benzene rings is 4. The molecule has 0 bridgehead atoms. The predicted molar refractivity (Wildman–Crippen MR) is 104 cm³/mol. The van der Waals surface area contributed by atoms with Crippen molar-refractivity contribution >= 4 is 43.0 Å². The van der Waals surface area contributed by atoms with Gasteiger partial charge in [0.1, 0.15) is 10.6 Å². The maximum absolute atomic E-state index is 11.5. The first kappa shape index (κ1) is 20.4. The van der Waals surface area contributed by atoms with Gasteiger partial charge in [-0.2, -0.15) is 8.42 Å². The third-order valence-corrected chi connectivity index (χ3v) is 5.19. The number of hydrogen-bond acceptors (Lipinski definition) is 5. The molecule has 0 unspecified atom stereocenters. The average molecular weight is 401 g/mol. The topological polar surface area (TPSA) is 99.3 Å². The molecular weight excluding hydrogens is 387 g/mol. The first-order valence-electron chi connectivity index (χ1n) is 8.07. The molecule has 28 heavy (non-hydrogen) atoms. The second-order valence-electron chi connectivity index (χ2n) is 5.96. The Bertz CT molecular complexity index is 1320. The van der Waals surface area contributed by atoms with E-state index in [-0.39, 0.29) is 56.7 Å². The summed E-state index contributed by atoms with van der Waals surface area (Å²) < 4.78 is 32.4. The van der Waals surface area contributed by atoms with Crippen LogP contribution in [0.4, 0.5) is 11.4 Å². The summed E-state index contributed by atoms with van der Waals surface area (Å²) in [4.78, 5) is -0.271. The number of fused-ring (bicyclic) bond motifs is 2. The molecule has 4 aromatic carbocycles. The van der Waals surface area contributed by atoms with Crippen LogP contribution in [0.3, 0.4) is 0 Å². The molecule has 0 spiro atoms. The molecule has 6 nitrogen and oxygen atoms in total. The van der Waals surface area contributed by atoms with E-state index in [4.69, 9.17) is 0 Å². The maximum atomic E-state index is 11.5. The van der Waals surface area contributed by atoms with Crippen LogP contribution >= 0.6 is 0 Å². The number of hydrogen-bond donors (Lipinski definition) is 2. The zero-order chi connectivity index (χ0) is 19.0. The monoisotopic (exact) mass is 401 g/mol. The summed E-state index contributed by atoms with van der Waals surface area (Å²) in [6.07, 6.45) is 0. The Morgan fingerprint density at radius 3 is 2.11 bits per heavy atom. The Balaban J connectivity index is 0.00000225. The van der Waals surface area contributed by atoms with Crippen molar-refractivity contribution in [3.63, 3.8) is 0 Å². The van der Waals surface area contributed by atoms with Crippen molar-refractivity contribution in [2.75, 3.05) is 0 Å². The Kier molecular flexibility index (Phi) is 5.83. The van der Waals surface area contributed by atoms with Gasteiger partial charge in [-0.1, -0.05) is 54.6 Å². The van der Waals surface area contributed by atoms with Gasteiger partial charge in [0.05, 0.1) is 5.69 Å². The quantitative estimate of drug-likeness (QED) is 0.313. The Hall–Kier alpha value is -2.29. The van der Waals surface area contributed by atoms with Crippen molar-refractivity contribution in [1.29, 1.82) is 0 Å². The molecule has 0 aliphatic heterocycles. The van der Waals surface area contributed by atoms with E-state index in [0.717, 1.165) is 10.8 Å². The Labute approximate surface area is 183 Å². The maximum Gasteiger partial charge on any atom is 1.00 e. The molecular formula is C20H14N2NaO4S+. The van der Waals surface area contributed by atoms with Crippen LogP contribution in [0.15, 0.2) is 87.9 Å². The number of azo groups is 1. The first-order chi connectivity index (χ1) is 12.9. The minimum absolute atomic E-state index is 0. The number of phenols is 1. The van der Waals surface area contributed by atoms with E-state index in [1.807, 2.05) is 42.5 Å². The van der Waals surface area contributed by atoms with Crippen molar-refractivity contribution in [2.45, 2.75) is 4.90 Å². The average Bonchev–Trinajstić information content (AvgIpc) is 2.66. The standard InChI is InChI=1S/C20H14N2O4S.Na/c23-20-16-8-4-10-19(27(24,25)26)15(16)11-12-18(20)22-21-17-9-3-6-13-5-1-2-7-14(13)17;/h1-12,23H,(H,24,25,26);/q;+1. The molecule has 0 aliphatic carbocycles. The molecule has 4 rings (SSSR count). The minimum atomic E-state index is -4.40.